The molecule has 0 aliphatic heterocycles. The van der Waals surface area contributed by atoms with Crippen LogP contribution in [0, 0.1) is 34.0 Å². The SMILES string of the molecule is CC(C)(C)C[C@H]1C[C@@H](C(C)(C)C)[C@@H](O)C1C(C)(C)C. The van der Waals surface area contributed by atoms with Gasteiger partial charge in [-0.1, -0.05) is 62.3 Å². The van der Waals surface area contributed by atoms with E-state index in [-0.39, 0.29) is 16.9 Å². The lowest BCUT2D eigenvalue weighted by Gasteiger charge is -2.38. The van der Waals surface area contributed by atoms with Crippen molar-refractivity contribution in [3.05, 3.63) is 0 Å². The summed E-state index contributed by atoms with van der Waals surface area (Å²) in [5.41, 5.74) is 0.742. The van der Waals surface area contributed by atoms with Crippen molar-refractivity contribution in [2.45, 2.75) is 81.3 Å². The highest BCUT2D eigenvalue weighted by Gasteiger charge is 2.51. The average molecular weight is 268 g/mol. The summed E-state index contributed by atoms with van der Waals surface area (Å²) in [6, 6.07) is 0. The summed E-state index contributed by atoms with van der Waals surface area (Å²) < 4.78 is 0. The Morgan fingerprint density at radius 1 is 0.842 bits per heavy atom. The predicted molar refractivity (Wildman–Crippen MR) is 84.1 cm³/mol. The molecule has 0 aromatic rings. The third-order valence-corrected chi connectivity index (χ3v) is 4.83. The van der Waals surface area contributed by atoms with Crippen LogP contribution in [0.4, 0.5) is 0 Å². The molecule has 0 radical (unpaired) electrons. The zero-order valence-corrected chi connectivity index (χ0v) is 14.7. The second-order valence-corrected chi connectivity index (χ2v) is 10.1. The largest absolute Gasteiger partial charge is 0.392 e. The zero-order chi connectivity index (χ0) is 15.2. The Balaban J connectivity index is 3.02. The molecule has 4 atom stereocenters. The lowest BCUT2D eigenvalue weighted by Crippen LogP contribution is -2.37. The van der Waals surface area contributed by atoms with Crippen LogP contribution >= 0.6 is 0 Å². The van der Waals surface area contributed by atoms with E-state index in [1.165, 1.54) is 12.8 Å². The van der Waals surface area contributed by atoms with Crippen LogP contribution < -0.4 is 0 Å². The molecular formula is C18H36O. The molecule has 1 nitrogen and oxygen atoms in total. The number of aliphatic hydroxyl groups is 1. The van der Waals surface area contributed by atoms with Gasteiger partial charge >= 0.3 is 0 Å². The van der Waals surface area contributed by atoms with Crippen LogP contribution in [0.15, 0.2) is 0 Å². The molecule has 0 amide bonds. The fourth-order valence-corrected chi connectivity index (χ4v) is 4.22. The second kappa shape index (κ2) is 5.06. The van der Waals surface area contributed by atoms with Gasteiger partial charge in [-0.05, 0) is 46.8 Å². The summed E-state index contributed by atoms with van der Waals surface area (Å²) in [5.74, 6) is 1.51. The minimum atomic E-state index is -0.146. The molecule has 114 valence electrons. The first-order chi connectivity index (χ1) is 8.23. The highest BCUT2D eigenvalue weighted by molar-refractivity contribution is 5.00. The standard InChI is InChI=1S/C18H36O/c1-16(2,3)11-12-10-13(17(4,5)6)15(19)14(12)18(7,8)9/h12-15,19H,10-11H2,1-9H3/t12-,13-,14?,15-/m1/s1. The summed E-state index contributed by atoms with van der Waals surface area (Å²) in [7, 11) is 0. The maximum absolute atomic E-state index is 10.9. The summed E-state index contributed by atoms with van der Waals surface area (Å²) in [6.45, 7) is 20.7. The molecule has 1 heteroatoms. The van der Waals surface area contributed by atoms with E-state index in [0.29, 0.717) is 23.2 Å². The fourth-order valence-electron chi connectivity index (χ4n) is 4.22. The van der Waals surface area contributed by atoms with Crippen LogP contribution in [-0.2, 0) is 0 Å². The Morgan fingerprint density at radius 2 is 1.32 bits per heavy atom. The Hall–Kier alpha value is -0.0400. The van der Waals surface area contributed by atoms with Crippen LogP contribution in [0.1, 0.15) is 75.2 Å². The first-order valence-corrected chi connectivity index (χ1v) is 7.91. The topological polar surface area (TPSA) is 20.2 Å². The Morgan fingerprint density at radius 3 is 1.63 bits per heavy atom. The van der Waals surface area contributed by atoms with Crippen molar-refractivity contribution in [3.8, 4) is 0 Å². The average Bonchev–Trinajstić information content (AvgIpc) is 2.36. The van der Waals surface area contributed by atoms with E-state index in [1.807, 2.05) is 0 Å². The van der Waals surface area contributed by atoms with Crippen molar-refractivity contribution >= 4 is 0 Å². The number of rotatable bonds is 1. The summed E-state index contributed by atoms with van der Waals surface area (Å²) >= 11 is 0. The molecule has 0 aromatic carbocycles. The summed E-state index contributed by atoms with van der Waals surface area (Å²) in [5, 5.41) is 10.9. The van der Waals surface area contributed by atoms with Gasteiger partial charge in [-0.3, -0.25) is 0 Å². The quantitative estimate of drug-likeness (QED) is 0.699. The molecule has 0 bridgehead atoms. The van der Waals surface area contributed by atoms with Crippen LogP contribution in [0.5, 0.6) is 0 Å². The van der Waals surface area contributed by atoms with Gasteiger partial charge in [0.1, 0.15) is 0 Å². The second-order valence-electron chi connectivity index (χ2n) is 10.1. The summed E-state index contributed by atoms with van der Waals surface area (Å²) in [6.07, 6.45) is 2.26. The molecule has 1 unspecified atom stereocenters. The van der Waals surface area contributed by atoms with E-state index < -0.39 is 0 Å². The third kappa shape index (κ3) is 4.21. The Labute approximate surface area is 121 Å². The van der Waals surface area contributed by atoms with E-state index in [9.17, 15) is 5.11 Å². The molecule has 0 saturated heterocycles. The first-order valence-electron chi connectivity index (χ1n) is 7.91. The van der Waals surface area contributed by atoms with E-state index in [0.717, 1.165) is 0 Å². The smallest absolute Gasteiger partial charge is 0.0609 e. The van der Waals surface area contributed by atoms with Gasteiger partial charge < -0.3 is 5.11 Å². The first kappa shape index (κ1) is 17.0. The minimum absolute atomic E-state index is 0.146. The van der Waals surface area contributed by atoms with Crippen LogP contribution in [-0.4, -0.2) is 11.2 Å². The van der Waals surface area contributed by atoms with Crippen molar-refractivity contribution in [1.82, 2.24) is 0 Å². The normalized spacial score (nSPS) is 33.8. The minimum Gasteiger partial charge on any atom is -0.392 e. The van der Waals surface area contributed by atoms with E-state index >= 15 is 0 Å². The van der Waals surface area contributed by atoms with Gasteiger partial charge in [0.05, 0.1) is 6.10 Å². The lowest BCUT2D eigenvalue weighted by atomic mass is 9.69. The number of hydrogen-bond acceptors (Lipinski definition) is 1. The molecule has 1 N–H and O–H groups in total. The van der Waals surface area contributed by atoms with Gasteiger partial charge in [-0.15, -0.1) is 0 Å². The molecule has 1 saturated carbocycles. The molecule has 1 fully saturated rings. The molecule has 19 heavy (non-hydrogen) atoms. The molecule has 1 aliphatic rings. The molecule has 1 rings (SSSR count). The maximum atomic E-state index is 10.9. The molecule has 0 aromatic heterocycles. The Bertz CT molecular complexity index is 297. The van der Waals surface area contributed by atoms with Crippen molar-refractivity contribution < 1.29 is 5.11 Å². The molecule has 0 heterocycles. The van der Waals surface area contributed by atoms with Crippen LogP contribution in [0.3, 0.4) is 0 Å². The van der Waals surface area contributed by atoms with Gasteiger partial charge in [-0.2, -0.15) is 0 Å². The van der Waals surface area contributed by atoms with Gasteiger partial charge in [0.25, 0.3) is 0 Å². The Kier molecular flexibility index (Phi) is 4.53. The maximum Gasteiger partial charge on any atom is 0.0609 e. The third-order valence-electron chi connectivity index (χ3n) is 4.83. The highest BCUT2D eigenvalue weighted by Crippen LogP contribution is 2.54. The van der Waals surface area contributed by atoms with Gasteiger partial charge in [0.2, 0.25) is 0 Å². The molecule has 1 aliphatic carbocycles. The highest BCUT2D eigenvalue weighted by atomic mass is 16.3. The zero-order valence-electron chi connectivity index (χ0n) is 14.7. The molecular weight excluding hydrogens is 232 g/mol. The van der Waals surface area contributed by atoms with E-state index in [2.05, 4.69) is 62.3 Å². The number of aliphatic hydroxyl groups excluding tert-OH is 1. The van der Waals surface area contributed by atoms with Crippen molar-refractivity contribution in [1.29, 1.82) is 0 Å². The monoisotopic (exact) mass is 268 g/mol. The van der Waals surface area contributed by atoms with Crippen molar-refractivity contribution in [2.75, 3.05) is 0 Å². The van der Waals surface area contributed by atoms with Gasteiger partial charge in [0, 0.05) is 0 Å². The van der Waals surface area contributed by atoms with E-state index in [1.54, 1.807) is 0 Å². The van der Waals surface area contributed by atoms with Crippen LogP contribution in [0.25, 0.3) is 0 Å². The van der Waals surface area contributed by atoms with Gasteiger partial charge in [0.15, 0.2) is 0 Å². The van der Waals surface area contributed by atoms with Gasteiger partial charge in [-0.25, -0.2) is 0 Å². The van der Waals surface area contributed by atoms with Crippen molar-refractivity contribution in [3.63, 3.8) is 0 Å². The number of hydrogen-bond donors (Lipinski definition) is 1. The van der Waals surface area contributed by atoms with Crippen LogP contribution in [0.2, 0.25) is 0 Å². The van der Waals surface area contributed by atoms with E-state index in [4.69, 9.17) is 0 Å². The summed E-state index contributed by atoms with van der Waals surface area (Å²) in [4.78, 5) is 0. The fraction of sp³-hybridized carbons (Fsp3) is 1.00. The van der Waals surface area contributed by atoms with Crippen molar-refractivity contribution in [2.24, 2.45) is 34.0 Å². The predicted octanol–water partition coefficient (Wildman–Crippen LogP) is 5.13. The molecule has 0 spiro atoms. The lowest BCUT2D eigenvalue weighted by molar-refractivity contribution is -0.00557.